The van der Waals surface area contributed by atoms with Gasteiger partial charge >= 0.3 is 0 Å². The summed E-state index contributed by atoms with van der Waals surface area (Å²) >= 11 is 1.23. The number of nitrogens with one attached hydrogen (secondary N) is 1. The number of aryl methyl sites for hydroxylation is 2. The number of thiazole rings is 1. The van der Waals surface area contributed by atoms with Crippen LogP contribution >= 0.6 is 11.3 Å². The Kier molecular flexibility index (Phi) is 5.43. The van der Waals surface area contributed by atoms with E-state index in [-0.39, 0.29) is 11.5 Å². The molecule has 0 aliphatic carbocycles. The molecule has 32 heavy (non-hydrogen) atoms. The minimum absolute atomic E-state index is 0.219. The van der Waals surface area contributed by atoms with Gasteiger partial charge in [0.15, 0.2) is 0 Å². The van der Waals surface area contributed by atoms with Crippen molar-refractivity contribution in [2.75, 3.05) is 5.32 Å². The molecule has 0 unspecified atom stereocenters. The first-order valence-corrected chi connectivity index (χ1v) is 10.9. The number of carbonyl (C=O) groups is 1. The molecule has 6 nitrogen and oxygen atoms in total. The number of benzene rings is 2. The van der Waals surface area contributed by atoms with E-state index in [4.69, 9.17) is 0 Å². The maximum absolute atomic E-state index is 14.1. The molecule has 0 saturated carbocycles. The highest BCUT2D eigenvalue weighted by molar-refractivity contribution is 7.13. The van der Waals surface area contributed by atoms with E-state index in [1.165, 1.54) is 17.4 Å². The van der Waals surface area contributed by atoms with Crippen LogP contribution in [-0.2, 0) is 13.0 Å². The first-order chi connectivity index (χ1) is 15.7. The van der Waals surface area contributed by atoms with Crippen molar-refractivity contribution in [2.45, 2.75) is 13.0 Å². The lowest BCUT2D eigenvalue weighted by Gasteiger charge is -2.09. The minimum Gasteiger partial charge on any atom is -0.310 e. The smallest absolute Gasteiger partial charge is 0.277 e. The van der Waals surface area contributed by atoms with Gasteiger partial charge in [0.25, 0.3) is 5.91 Å². The highest BCUT2D eigenvalue weighted by Crippen LogP contribution is 2.27. The van der Waals surface area contributed by atoms with Gasteiger partial charge in [-0.15, -0.1) is 11.3 Å². The van der Waals surface area contributed by atoms with Crippen LogP contribution in [0.25, 0.3) is 21.6 Å². The topological polar surface area (TPSA) is 72.7 Å². The molecule has 0 saturated heterocycles. The largest absolute Gasteiger partial charge is 0.310 e. The van der Waals surface area contributed by atoms with Crippen LogP contribution in [0.4, 0.5) is 10.3 Å². The quantitative estimate of drug-likeness (QED) is 0.392. The lowest BCUT2D eigenvalue weighted by atomic mass is 10.2. The van der Waals surface area contributed by atoms with Crippen LogP contribution in [0.1, 0.15) is 16.2 Å². The number of hydrogen-bond donors (Lipinski definition) is 1. The Labute approximate surface area is 187 Å². The third-order valence-electron chi connectivity index (χ3n) is 5.04. The molecular formula is C24H18FN5OS. The average molecular weight is 444 g/mol. The van der Waals surface area contributed by atoms with Crippen LogP contribution in [-0.4, -0.2) is 25.4 Å². The number of carbonyl (C=O) groups excluding carboxylic acids is 1. The van der Waals surface area contributed by atoms with Crippen LogP contribution in [0.2, 0.25) is 0 Å². The zero-order valence-corrected chi connectivity index (χ0v) is 17.7. The number of aromatic nitrogens is 4. The van der Waals surface area contributed by atoms with Crippen molar-refractivity contribution in [1.82, 2.24) is 19.5 Å². The Hall–Kier alpha value is -3.91. The highest BCUT2D eigenvalue weighted by Gasteiger charge is 2.18. The third-order valence-corrected chi connectivity index (χ3v) is 5.91. The van der Waals surface area contributed by atoms with E-state index in [1.807, 2.05) is 47.0 Å². The second-order valence-corrected chi connectivity index (χ2v) is 7.98. The number of fused-ring (bicyclic) bond motifs is 1. The summed E-state index contributed by atoms with van der Waals surface area (Å²) in [7, 11) is 0. The number of hydrogen-bond acceptors (Lipinski definition) is 5. The maximum atomic E-state index is 14.1. The van der Waals surface area contributed by atoms with E-state index in [1.54, 1.807) is 29.8 Å². The molecule has 3 heterocycles. The number of anilines is 1. The molecular weight excluding hydrogens is 425 g/mol. The van der Waals surface area contributed by atoms with E-state index in [2.05, 4.69) is 20.3 Å². The fraction of sp³-hybridized carbons (Fsp3) is 0.0833. The molecule has 1 N–H and O–H groups in total. The lowest BCUT2D eigenvalue weighted by Crippen LogP contribution is -2.17. The normalized spacial score (nSPS) is 11.0. The zero-order valence-electron chi connectivity index (χ0n) is 16.9. The predicted octanol–water partition coefficient (Wildman–Crippen LogP) is 5.19. The van der Waals surface area contributed by atoms with Crippen molar-refractivity contribution in [2.24, 2.45) is 0 Å². The fourth-order valence-electron chi connectivity index (χ4n) is 3.47. The van der Waals surface area contributed by atoms with Crippen molar-refractivity contribution in [1.29, 1.82) is 0 Å². The first kappa shape index (κ1) is 20.0. The van der Waals surface area contributed by atoms with Crippen LogP contribution in [0, 0.1) is 5.82 Å². The Morgan fingerprint density at radius 3 is 2.66 bits per heavy atom. The van der Waals surface area contributed by atoms with Gasteiger partial charge < -0.3 is 4.57 Å². The van der Waals surface area contributed by atoms with Gasteiger partial charge in [-0.25, -0.2) is 14.4 Å². The Bertz CT molecular complexity index is 1400. The number of pyridine rings is 1. The average Bonchev–Trinajstić information content (AvgIpc) is 3.44. The zero-order chi connectivity index (χ0) is 21.9. The maximum Gasteiger partial charge on any atom is 0.277 e. The Morgan fingerprint density at radius 1 is 1.00 bits per heavy atom. The van der Waals surface area contributed by atoms with Gasteiger partial charge in [0.1, 0.15) is 16.5 Å². The molecule has 3 aromatic heterocycles. The lowest BCUT2D eigenvalue weighted by molar-refractivity contribution is 0.102. The number of nitrogens with zero attached hydrogens (tertiary/aromatic N) is 4. The van der Waals surface area contributed by atoms with E-state index in [0.717, 1.165) is 16.7 Å². The minimum atomic E-state index is -0.391. The first-order valence-electron chi connectivity index (χ1n) is 10.1. The molecule has 0 spiro atoms. The van der Waals surface area contributed by atoms with Gasteiger partial charge in [0, 0.05) is 35.8 Å². The summed E-state index contributed by atoms with van der Waals surface area (Å²) in [6.07, 6.45) is 2.46. The summed E-state index contributed by atoms with van der Waals surface area (Å²) in [5, 5.41) is 4.95. The number of para-hydroxylation sites is 2. The monoisotopic (exact) mass is 443 g/mol. The van der Waals surface area contributed by atoms with E-state index in [0.29, 0.717) is 29.5 Å². The molecule has 0 fully saturated rings. The molecule has 1 amide bonds. The summed E-state index contributed by atoms with van der Waals surface area (Å²) in [4.78, 5) is 26.2. The summed E-state index contributed by atoms with van der Waals surface area (Å²) in [6.45, 7) is 0.602. The standard InChI is InChI=1S/C24H18FN5OS/c25-18-9-2-1-8-17(18)23-27-20(15-32-23)22(31)29-24-28-19-10-3-4-11-21(19)30(24)14-12-16-7-5-6-13-26-16/h1-11,13,15H,12,14H2,(H,28,29,31). The Morgan fingerprint density at radius 2 is 1.81 bits per heavy atom. The second-order valence-electron chi connectivity index (χ2n) is 7.12. The van der Waals surface area contributed by atoms with Gasteiger partial charge in [-0.3, -0.25) is 15.1 Å². The molecule has 0 radical (unpaired) electrons. The molecule has 5 rings (SSSR count). The number of halogens is 1. The molecule has 0 atom stereocenters. The van der Waals surface area contributed by atoms with Crippen molar-refractivity contribution in [3.8, 4) is 10.6 Å². The van der Waals surface area contributed by atoms with Gasteiger partial charge in [-0.1, -0.05) is 30.3 Å². The van der Waals surface area contributed by atoms with Gasteiger partial charge in [0.2, 0.25) is 5.95 Å². The van der Waals surface area contributed by atoms with Crippen LogP contribution < -0.4 is 5.32 Å². The van der Waals surface area contributed by atoms with Crippen LogP contribution in [0.3, 0.4) is 0 Å². The number of amides is 1. The van der Waals surface area contributed by atoms with Gasteiger partial charge in [0.05, 0.1) is 11.0 Å². The summed E-state index contributed by atoms with van der Waals surface area (Å²) in [5.74, 6) is -0.323. The SMILES string of the molecule is O=C(Nc1nc2ccccc2n1CCc1ccccn1)c1csc(-c2ccccc2F)n1. The van der Waals surface area contributed by atoms with Crippen LogP contribution in [0.15, 0.2) is 78.3 Å². The van der Waals surface area contributed by atoms with Gasteiger partial charge in [-0.2, -0.15) is 0 Å². The summed E-state index contributed by atoms with van der Waals surface area (Å²) < 4.78 is 16.0. The third kappa shape index (κ3) is 4.00. The Balaban J connectivity index is 1.41. The van der Waals surface area contributed by atoms with Crippen molar-refractivity contribution in [3.63, 3.8) is 0 Å². The van der Waals surface area contributed by atoms with Gasteiger partial charge in [-0.05, 0) is 36.4 Å². The van der Waals surface area contributed by atoms with Crippen molar-refractivity contribution >= 4 is 34.2 Å². The summed E-state index contributed by atoms with van der Waals surface area (Å²) in [5.41, 5.74) is 3.26. The van der Waals surface area contributed by atoms with Crippen molar-refractivity contribution < 1.29 is 9.18 Å². The van der Waals surface area contributed by atoms with Crippen molar-refractivity contribution in [3.05, 3.63) is 95.5 Å². The summed E-state index contributed by atoms with van der Waals surface area (Å²) in [6, 6.07) is 19.9. The number of rotatable bonds is 6. The molecule has 8 heteroatoms. The highest BCUT2D eigenvalue weighted by atomic mass is 32.1. The molecule has 2 aromatic carbocycles. The molecule has 5 aromatic rings. The number of imidazole rings is 1. The predicted molar refractivity (Wildman–Crippen MR) is 123 cm³/mol. The van der Waals surface area contributed by atoms with E-state index < -0.39 is 5.91 Å². The van der Waals surface area contributed by atoms with E-state index >= 15 is 0 Å². The van der Waals surface area contributed by atoms with Crippen LogP contribution in [0.5, 0.6) is 0 Å². The second kappa shape index (κ2) is 8.68. The molecule has 158 valence electrons. The molecule has 0 aliphatic heterocycles. The van der Waals surface area contributed by atoms with E-state index in [9.17, 15) is 9.18 Å². The fourth-order valence-corrected chi connectivity index (χ4v) is 4.30. The molecule has 0 aliphatic rings. The molecule has 0 bridgehead atoms.